The van der Waals surface area contributed by atoms with E-state index in [0.717, 1.165) is 48.3 Å². The van der Waals surface area contributed by atoms with E-state index >= 15 is 0 Å². The van der Waals surface area contributed by atoms with Gasteiger partial charge >= 0.3 is 0 Å². The summed E-state index contributed by atoms with van der Waals surface area (Å²) >= 11 is 0. The Balaban J connectivity index is 1.52. The first-order valence-electron chi connectivity index (χ1n) is 10.3. The molecule has 0 saturated carbocycles. The Hall–Kier alpha value is -3.45. The highest BCUT2D eigenvalue weighted by Gasteiger charge is 2.21. The fourth-order valence-electron chi connectivity index (χ4n) is 4.18. The molecule has 0 unspecified atom stereocenters. The van der Waals surface area contributed by atoms with Crippen molar-refractivity contribution in [1.82, 2.24) is 24.4 Å². The summed E-state index contributed by atoms with van der Waals surface area (Å²) in [7, 11) is 0. The fourth-order valence-corrected chi connectivity index (χ4v) is 4.18. The lowest BCUT2D eigenvalue weighted by Gasteiger charge is -2.12. The molecule has 0 radical (unpaired) electrons. The van der Waals surface area contributed by atoms with Crippen LogP contribution in [0.4, 0.5) is 5.82 Å². The Bertz CT molecular complexity index is 1220. The first-order chi connectivity index (χ1) is 14.7. The summed E-state index contributed by atoms with van der Waals surface area (Å²) in [5.41, 5.74) is 13.9. The maximum Gasteiger partial charge on any atom is 0.151 e. The highest BCUT2D eigenvalue weighted by Crippen LogP contribution is 2.35. The molecule has 1 aliphatic carbocycles. The van der Waals surface area contributed by atoms with Crippen molar-refractivity contribution >= 4 is 23.0 Å². The van der Waals surface area contributed by atoms with Gasteiger partial charge in [0.05, 0.1) is 12.2 Å². The Morgan fingerprint density at radius 3 is 2.83 bits per heavy atom. The number of anilines is 1. The number of rotatable bonds is 6. The van der Waals surface area contributed by atoms with E-state index in [-0.39, 0.29) is 6.61 Å². The zero-order chi connectivity index (χ0) is 20.5. The largest absolute Gasteiger partial charge is 0.396 e. The predicted octanol–water partition coefficient (Wildman–Crippen LogP) is 2.97. The van der Waals surface area contributed by atoms with Gasteiger partial charge in [-0.3, -0.25) is 4.68 Å². The Kier molecular flexibility index (Phi) is 4.80. The third-order valence-corrected chi connectivity index (χ3v) is 5.63. The molecule has 4 aromatic rings. The summed E-state index contributed by atoms with van der Waals surface area (Å²) in [4.78, 5) is 4.20. The van der Waals surface area contributed by atoms with Crippen LogP contribution in [0.5, 0.6) is 0 Å². The number of aryl methyl sites for hydroxylation is 2. The molecule has 30 heavy (non-hydrogen) atoms. The molecule has 0 saturated heterocycles. The number of nitrogens with zero attached hydrogens (tertiary/aromatic N) is 5. The van der Waals surface area contributed by atoms with Crippen LogP contribution in [0.15, 0.2) is 48.9 Å². The number of nitrogens with two attached hydrogens (primary N) is 1. The van der Waals surface area contributed by atoms with Crippen molar-refractivity contribution in [3.8, 4) is 0 Å². The van der Waals surface area contributed by atoms with Gasteiger partial charge in [-0.15, -0.1) is 0 Å². The van der Waals surface area contributed by atoms with Gasteiger partial charge in [-0.05, 0) is 54.5 Å². The summed E-state index contributed by atoms with van der Waals surface area (Å²) in [6.45, 7) is 0.909. The zero-order valence-corrected chi connectivity index (χ0v) is 16.7. The Morgan fingerprint density at radius 1 is 1.13 bits per heavy atom. The third kappa shape index (κ3) is 3.37. The quantitative estimate of drug-likeness (QED) is 0.519. The van der Waals surface area contributed by atoms with Crippen LogP contribution in [0.2, 0.25) is 0 Å². The highest BCUT2D eigenvalue weighted by molar-refractivity contribution is 5.93. The molecule has 0 bridgehead atoms. The molecule has 0 fully saturated rings. The lowest BCUT2D eigenvalue weighted by molar-refractivity contribution is 0.288. The van der Waals surface area contributed by atoms with E-state index < -0.39 is 0 Å². The maximum atomic E-state index is 9.24. The molecule has 1 aliphatic rings. The van der Waals surface area contributed by atoms with Crippen LogP contribution in [0.1, 0.15) is 40.9 Å². The second-order valence-electron chi connectivity index (χ2n) is 7.67. The smallest absolute Gasteiger partial charge is 0.151 e. The molecule has 3 aromatic heterocycles. The van der Waals surface area contributed by atoms with Gasteiger partial charge in [0.1, 0.15) is 11.8 Å². The predicted molar refractivity (Wildman–Crippen MR) is 117 cm³/mol. The number of aliphatic hydroxyl groups is 1. The number of fused-ring (bicyclic) bond motifs is 2. The number of aromatic nitrogens is 5. The second-order valence-corrected chi connectivity index (χ2v) is 7.67. The molecule has 7 heteroatoms. The van der Waals surface area contributed by atoms with Crippen molar-refractivity contribution in [1.29, 1.82) is 0 Å². The molecule has 3 heterocycles. The Labute approximate surface area is 174 Å². The lowest BCUT2D eigenvalue weighted by atomic mass is 9.93. The topological polar surface area (TPSA) is 94.3 Å². The Morgan fingerprint density at radius 2 is 2.00 bits per heavy atom. The molecule has 1 aromatic carbocycles. The van der Waals surface area contributed by atoms with Gasteiger partial charge in [-0.25, -0.2) is 9.50 Å². The van der Waals surface area contributed by atoms with E-state index in [1.807, 2.05) is 15.3 Å². The van der Waals surface area contributed by atoms with Gasteiger partial charge in [0.2, 0.25) is 0 Å². The third-order valence-electron chi connectivity index (χ3n) is 5.63. The van der Waals surface area contributed by atoms with Gasteiger partial charge in [0.15, 0.2) is 5.82 Å². The lowest BCUT2D eigenvalue weighted by Crippen LogP contribution is -2.04. The SMILES string of the molecule is Nc1ncnn2c(CCCO)cc(C3=Cc4nn(Cc5ccccc5)cc4CC3)c12. The monoisotopic (exact) mass is 400 g/mol. The summed E-state index contributed by atoms with van der Waals surface area (Å²) < 4.78 is 3.87. The molecule has 0 spiro atoms. The highest BCUT2D eigenvalue weighted by atomic mass is 16.2. The summed E-state index contributed by atoms with van der Waals surface area (Å²) in [6.07, 6.45) is 9.06. The van der Waals surface area contributed by atoms with Gasteiger partial charge < -0.3 is 10.8 Å². The van der Waals surface area contributed by atoms with Crippen molar-refractivity contribution in [2.45, 2.75) is 32.2 Å². The zero-order valence-electron chi connectivity index (χ0n) is 16.7. The first-order valence-corrected chi connectivity index (χ1v) is 10.3. The molecule has 7 nitrogen and oxygen atoms in total. The van der Waals surface area contributed by atoms with E-state index in [0.29, 0.717) is 12.2 Å². The summed E-state index contributed by atoms with van der Waals surface area (Å²) in [5.74, 6) is 0.469. The number of hydrogen-bond acceptors (Lipinski definition) is 5. The van der Waals surface area contributed by atoms with Gasteiger partial charge in [0.25, 0.3) is 0 Å². The number of aliphatic hydroxyl groups excluding tert-OH is 1. The molecular formula is C23H24N6O. The molecule has 0 atom stereocenters. The first kappa shape index (κ1) is 18.6. The van der Waals surface area contributed by atoms with Crippen molar-refractivity contribution < 1.29 is 5.11 Å². The molecule has 152 valence electrons. The minimum Gasteiger partial charge on any atom is -0.396 e. The van der Waals surface area contributed by atoms with Crippen molar-refractivity contribution in [3.05, 3.63) is 77.0 Å². The second kappa shape index (κ2) is 7.76. The van der Waals surface area contributed by atoms with Crippen LogP contribution in [0.3, 0.4) is 0 Å². The van der Waals surface area contributed by atoms with E-state index in [9.17, 15) is 5.11 Å². The average Bonchev–Trinajstić information content (AvgIpc) is 3.34. The number of nitrogen functional groups attached to an aromatic ring is 1. The van der Waals surface area contributed by atoms with Crippen molar-refractivity contribution in [2.24, 2.45) is 0 Å². The van der Waals surface area contributed by atoms with E-state index in [1.165, 1.54) is 23.0 Å². The summed E-state index contributed by atoms with van der Waals surface area (Å²) in [6, 6.07) is 12.5. The number of benzene rings is 1. The van der Waals surface area contributed by atoms with Crippen LogP contribution < -0.4 is 5.73 Å². The van der Waals surface area contributed by atoms with Crippen LogP contribution in [0, 0.1) is 0 Å². The molecule has 0 amide bonds. The normalized spacial score (nSPS) is 13.4. The van der Waals surface area contributed by atoms with Crippen LogP contribution in [-0.4, -0.2) is 36.1 Å². The van der Waals surface area contributed by atoms with Crippen molar-refractivity contribution in [3.63, 3.8) is 0 Å². The van der Waals surface area contributed by atoms with Gasteiger partial charge in [-0.2, -0.15) is 10.2 Å². The standard InChI is InChI=1S/C23H24N6O/c24-23-22-20(12-19(7-4-10-30)29(22)26-15-25-23)17-8-9-18-14-28(27-21(18)11-17)13-16-5-2-1-3-6-16/h1-3,5-6,11-12,14-15,30H,4,7-10,13H2,(H2,24,25,26). The van der Waals surface area contributed by atoms with E-state index in [2.05, 4.69) is 52.7 Å². The van der Waals surface area contributed by atoms with Crippen LogP contribution in [-0.2, 0) is 19.4 Å². The summed E-state index contributed by atoms with van der Waals surface area (Å²) in [5, 5.41) is 18.5. The van der Waals surface area contributed by atoms with Crippen LogP contribution in [0.25, 0.3) is 17.2 Å². The van der Waals surface area contributed by atoms with E-state index in [4.69, 9.17) is 10.8 Å². The molecular weight excluding hydrogens is 376 g/mol. The van der Waals surface area contributed by atoms with Crippen LogP contribution >= 0.6 is 0 Å². The number of hydrogen-bond donors (Lipinski definition) is 2. The minimum atomic E-state index is 0.147. The van der Waals surface area contributed by atoms with Gasteiger partial charge in [0, 0.05) is 24.1 Å². The van der Waals surface area contributed by atoms with Crippen molar-refractivity contribution in [2.75, 3.05) is 12.3 Å². The number of allylic oxidation sites excluding steroid dienone is 1. The minimum absolute atomic E-state index is 0.147. The van der Waals surface area contributed by atoms with Gasteiger partial charge in [-0.1, -0.05) is 30.3 Å². The average molecular weight is 400 g/mol. The maximum absolute atomic E-state index is 9.24. The molecule has 5 rings (SSSR count). The molecule has 3 N–H and O–H groups in total. The molecule has 0 aliphatic heterocycles. The fraction of sp³-hybridized carbons (Fsp3) is 0.261. The van der Waals surface area contributed by atoms with E-state index in [1.54, 1.807) is 0 Å².